The Bertz CT molecular complexity index is 345. The topological polar surface area (TPSA) is 85.2 Å². The van der Waals surface area contributed by atoms with Crippen molar-refractivity contribution in [3.63, 3.8) is 0 Å². The summed E-state index contributed by atoms with van der Waals surface area (Å²) >= 11 is 0. The molecule has 1 aromatic rings. The lowest BCUT2D eigenvalue weighted by molar-refractivity contribution is -0.389. The van der Waals surface area contributed by atoms with Crippen LogP contribution in [0.4, 0.5) is 5.82 Å². The molecule has 1 heterocycles. The van der Waals surface area contributed by atoms with Gasteiger partial charge in [-0.15, -0.1) is 0 Å². The van der Waals surface area contributed by atoms with Crippen LogP contribution in [0, 0.1) is 10.1 Å². The van der Waals surface area contributed by atoms with Gasteiger partial charge in [0.05, 0.1) is 6.61 Å². The number of carbonyl (C=O) groups excluding carboxylic acids is 1. The number of hydrogen-bond acceptors (Lipinski definition) is 4. The highest BCUT2D eigenvalue weighted by molar-refractivity contribution is 5.87. The van der Waals surface area contributed by atoms with Gasteiger partial charge in [0.15, 0.2) is 0 Å². The number of H-pyrrole nitrogens is 1. The van der Waals surface area contributed by atoms with Gasteiger partial charge in [0, 0.05) is 12.1 Å². The molecule has 6 heteroatoms. The number of ether oxygens (including phenoxy) is 1. The zero-order valence-corrected chi connectivity index (χ0v) is 7.65. The minimum absolute atomic E-state index is 0.102. The first-order valence-electron chi connectivity index (χ1n) is 4.15. The van der Waals surface area contributed by atoms with Crippen LogP contribution >= 0.6 is 0 Å². The van der Waals surface area contributed by atoms with Crippen molar-refractivity contribution in [2.24, 2.45) is 0 Å². The Morgan fingerprint density at radius 2 is 2.36 bits per heavy atom. The highest BCUT2D eigenvalue weighted by atomic mass is 16.6. The van der Waals surface area contributed by atoms with E-state index in [9.17, 15) is 14.9 Å². The summed E-state index contributed by atoms with van der Waals surface area (Å²) in [6.07, 6.45) is 0.717. The molecule has 0 saturated heterocycles. The molecule has 0 fully saturated rings. The summed E-state index contributed by atoms with van der Waals surface area (Å²) in [5.74, 6) is -0.784. The molecule has 0 unspecified atom stereocenters. The fraction of sp³-hybridized carbons (Fsp3) is 0.375. The maximum Gasteiger partial charge on any atom is 0.378 e. The monoisotopic (exact) mass is 198 g/mol. The largest absolute Gasteiger partial charge is 0.459 e. The van der Waals surface area contributed by atoms with Crippen LogP contribution in [0.25, 0.3) is 0 Å². The third-order valence-electron chi connectivity index (χ3n) is 1.52. The van der Waals surface area contributed by atoms with E-state index in [1.54, 1.807) is 0 Å². The lowest BCUT2D eigenvalue weighted by atomic mass is 10.4. The number of carbonyl (C=O) groups is 1. The van der Waals surface area contributed by atoms with Crippen molar-refractivity contribution < 1.29 is 14.5 Å². The second-order valence-electron chi connectivity index (χ2n) is 2.65. The van der Waals surface area contributed by atoms with Gasteiger partial charge in [-0.2, -0.15) is 0 Å². The smallest absolute Gasteiger partial charge is 0.378 e. The Morgan fingerprint density at radius 1 is 1.64 bits per heavy atom. The second kappa shape index (κ2) is 4.40. The number of rotatable bonds is 4. The highest BCUT2D eigenvalue weighted by Gasteiger charge is 2.15. The number of nitrogens with one attached hydrogen (secondary N) is 1. The fourth-order valence-electron chi connectivity index (χ4n) is 0.882. The molecular weight excluding hydrogens is 188 g/mol. The highest BCUT2D eigenvalue weighted by Crippen LogP contribution is 2.10. The molecule has 6 nitrogen and oxygen atoms in total. The van der Waals surface area contributed by atoms with Crippen LogP contribution in [0.5, 0.6) is 0 Å². The summed E-state index contributed by atoms with van der Waals surface area (Å²) < 4.78 is 4.78. The SMILES string of the molecule is CCCOC(=O)c1ccc([N+](=O)[O-])[nH]1. The molecule has 0 aliphatic heterocycles. The first-order chi connectivity index (χ1) is 6.65. The summed E-state index contributed by atoms with van der Waals surface area (Å²) in [5.41, 5.74) is 0.102. The predicted octanol–water partition coefficient (Wildman–Crippen LogP) is 1.49. The molecule has 0 amide bonds. The van der Waals surface area contributed by atoms with Gasteiger partial charge in [-0.1, -0.05) is 6.92 Å². The molecule has 0 bridgehead atoms. The number of hydrogen-bond donors (Lipinski definition) is 1. The Morgan fingerprint density at radius 3 is 2.86 bits per heavy atom. The van der Waals surface area contributed by atoms with Crippen molar-refractivity contribution in [1.29, 1.82) is 0 Å². The van der Waals surface area contributed by atoms with Gasteiger partial charge in [0.2, 0.25) is 5.69 Å². The number of nitrogens with zero attached hydrogens (tertiary/aromatic N) is 1. The van der Waals surface area contributed by atoms with Gasteiger partial charge >= 0.3 is 11.8 Å². The Balaban J connectivity index is 2.66. The molecule has 0 radical (unpaired) electrons. The summed E-state index contributed by atoms with van der Waals surface area (Å²) in [4.78, 5) is 23.2. The van der Waals surface area contributed by atoms with Crippen LogP contribution in [-0.2, 0) is 4.74 Å². The minimum Gasteiger partial charge on any atom is -0.459 e. The molecule has 0 aliphatic carbocycles. The summed E-state index contributed by atoms with van der Waals surface area (Å²) in [7, 11) is 0. The van der Waals surface area contributed by atoms with E-state index in [1.807, 2.05) is 6.92 Å². The normalized spacial score (nSPS) is 9.79. The van der Waals surface area contributed by atoms with E-state index in [2.05, 4.69) is 4.98 Å². The molecule has 76 valence electrons. The van der Waals surface area contributed by atoms with Gasteiger partial charge in [-0.05, 0) is 11.3 Å². The minimum atomic E-state index is -0.601. The molecule has 1 N–H and O–H groups in total. The molecule has 0 spiro atoms. The van der Waals surface area contributed by atoms with E-state index in [0.29, 0.717) is 13.0 Å². The van der Waals surface area contributed by atoms with Crippen LogP contribution in [0.1, 0.15) is 23.8 Å². The average molecular weight is 198 g/mol. The lowest BCUT2D eigenvalue weighted by Gasteiger charge is -1.97. The quantitative estimate of drug-likeness (QED) is 0.451. The van der Waals surface area contributed by atoms with Crippen molar-refractivity contribution in [3.8, 4) is 0 Å². The molecular formula is C8H10N2O4. The molecule has 0 atom stereocenters. The van der Waals surface area contributed by atoms with Crippen molar-refractivity contribution in [2.45, 2.75) is 13.3 Å². The third kappa shape index (κ3) is 2.32. The molecule has 1 aromatic heterocycles. The maximum absolute atomic E-state index is 11.2. The number of aromatic amines is 1. The summed E-state index contributed by atoms with van der Waals surface area (Å²) in [6.45, 7) is 2.18. The standard InChI is InChI=1S/C8H10N2O4/c1-2-5-14-8(11)6-3-4-7(9-6)10(12)13/h3-4,9H,2,5H2,1H3. The van der Waals surface area contributed by atoms with Crippen LogP contribution in [0.3, 0.4) is 0 Å². The van der Waals surface area contributed by atoms with Crippen LogP contribution in [-0.4, -0.2) is 22.5 Å². The van der Waals surface area contributed by atoms with E-state index in [1.165, 1.54) is 12.1 Å². The van der Waals surface area contributed by atoms with Crippen molar-refractivity contribution in [2.75, 3.05) is 6.61 Å². The summed E-state index contributed by atoms with van der Waals surface area (Å²) in [6, 6.07) is 2.55. The number of aromatic nitrogens is 1. The van der Waals surface area contributed by atoms with Gasteiger partial charge in [0.1, 0.15) is 0 Å². The van der Waals surface area contributed by atoms with E-state index in [-0.39, 0.29) is 11.5 Å². The van der Waals surface area contributed by atoms with E-state index in [4.69, 9.17) is 4.74 Å². The van der Waals surface area contributed by atoms with Gasteiger partial charge in [-0.25, -0.2) is 9.78 Å². The fourth-order valence-corrected chi connectivity index (χ4v) is 0.882. The molecule has 0 aromatic carbocycles. The first-order valence-corrected chi connectivity index (χ1v) is 4.15. The number of nitro groups is 1. The zero-order chi connectivity index (χ0) is 10.6. The third-order valence-corrected chi connectivity index (χ3v) is 1.52. The Hall–Kier alpha value is -1.85. The Kier molecular flexibility index (Phi) is 3.22. The van der Waals surface area contributed by atoms with E-state index < -0.39 is 10.9 Å². The zero-order valence-electron chi connectivity index (χ0n) is 7.65. The van der Waals surface area contributed by atoms with Crippen molar-refractivity contribution >= 4 is 11.8 Å². The van der Waals surface area contributed by atoms with Crippen molar-refractivity contribution in [1.82, 2.24) is 4.98 Å². The van der Waals surface area contributed by atoms with Gasteiger partial charge < -0.3 is 14.9 Å². The number of esters is 1. The van der Waals surface area contributed by atoms with Crippen molar-refractivity contribution in [3.05, 3.63) is 27.9 Å². The average Bonchev–Trinajstić information content (AvgIpc) is 2.62. The van der Waals surface area contributed by atoms with Gasteiger partial charge in [0.25, 0.3) is 0 Å². The van der Waals surface area contributed by atoms with Gasteiger partial charge in [-0.3, -0.25) is 0 Å². The van der Waals surface area contributed by atoms with Crippen LogP contribution in [0.2, 0.25) is 0 Å². The maximum atomic E-state index is 11.2. The molecule has 1 rings (SSSR count). The summed E-state index contributed by atoms with van der Waals surface area (Å²) in [5, 5.41) is 10.3. The predicted molar refractivity (Wildman–Crippen MR) is 48.0 cm³/mol. The second-order valence-corrected chi connectivity index (χ2v) is 2.65. The first kappa shape index (κ1) is 10.2. The lowest BCUT2D eigenvalue weighted by Crippen LogP contribution is -2.06. The molecule has 14 heavy (non-hydrogen) atoms. The molecule has 0 saturated carbocycles. The van der Waals surface area contributed by atoms with E-state index in [0.717, 1.165) is 0 Å². The Labute approximate surface area is 80.0 Å². The molecule has 0 aliphatic rings. The van der Waals surface area contributed by atoms with E-state index >= 15 is 0 Å². The van der Waals surface area contributed by atoms with Crippen LogP contribution < -0.4 is 0 Å². The van der Waals surface area contributed by atoms with Crippen LogP contribution in [0.15, 0.2) is 12.1 Å².